The van der Waals surface area contributed by atoms with Gasteiger partial charge in [0.2, 0.25) is 0 Å². The minimum atomic E-state index is -5.00. The Hall–Kier alpha value is -2.97. The number of anilines is 2. The number of nitrogens with zero attached hydrogens (tertiary/aromatic N) is 4. The van der Waals surface area contributed by atoms with Crippen molar-refractivity contribution >= 4 is 28.8 Å². The predicted molar refractivity (Wildman–Crippen MR) is 93.1 cm³/mol. The first kappa shape index (κ1) is 19.4. The van der Waals surface area contributed by atoms with Gasteiger partial charge in [-0.15, -0.1) is 10.2 Å². The minimum absolute atomic E-state index is 0.0728. The zero-order valence-electron chi connectivity index (χ0n) is 14.3. The number of carbonyl (C=O) groups excluding carboxylic acids is 1. The SMILES string of the molecule is CCN(CC)c1ccc(N=Nc2ccccn2)c(NC(=O)C(F)(F)F)c1. The smallest absolute Gasteiger partial charge is 0.372 e. The summed E-state index contributed by atoms with van der Waals surface area (Å²) < 4.78 is 37.9. The van der Waals surface area contributed by atoms with Crippen molar-refractivity contribution in [3.05, 3.63) is 42.6 Å². The number of carbonyl (C=O) groups is 1. The van der Waals surface area contributed by atoms with E-state index in [1.54, 1.807) is 24.3 Å². The van der Waals surface area contributed by atoms with E-state index in [0.29, 0.717) is 24.6 Å². The summed E-state index contributed by atoms with van der Waals surface area (Å²) >= 11 is 0. The Morgan fingerprint density at radius 1 is 1.15 bits per heavy atom. The van der Waals surface area contributed by atoms with Gasteiger partial charge < -0.3 is 10.2 Å². The second-order valence-electron chi connectivity index (χ2n) is 5.21. The molecule has 1 aromatic heterocycles. The zero-order chi connectivity index (χ0) is 19.2. The molecule has 2 aromatic rings. The summed E-state index contributed by atoms with van der Waals surface area (Å²) in [6, 6.07) is 9.67. The highest BCUT2D eigenvalue weighted by atomic mass is 19.4. The van der Waals surface area contributed by atoms with Crippen molar-refractivity contribution in [3.63, 3.8) is 0 Å². The van der Waals surface area contributed by atoms with Crippen LogP contribution in [-0.2, 0) is 4.79 Å². The Bertz CT molecular complexity index is 774. The lowest BCUT2D eigenvalue weighted by molar-refractivity contribution is -0.167. The number of halogens is 3. The third kappa shape index (κ3) is 5.01. The summed E-state index contributed by atoms with van der Waals surface area (Å²) in [5.74, 6) is -1.77. The van der Waals surface area contributed by atoms with Crippen LogP contribution in [0.15, 0.2) is 52.8 Å². The van der Waals surface area contributed by atoms with E-state index in [2.05, 4.69) is 15.2 Å². The zero-order valence-corrected chi connectivity index (χ0v) is 14.3. The Balaban J connectivity index is 2.39. The highest BCUT2D eigenvalue weighted by molar-refractivity contribution is 5.97. The van der Waals surface area contributed by atoms with Gasteiger partial charge in [0.25, 0.3) is 0 Å². The molecule has 1 heterocycles. The Labute approximate surface area is 148 Å². The van der Waals surface area contributed by atoms with Crippen LogP contribution in [0.1, 0.15) is 13.8 Å². The standard InChI is InChI=1S/C17H18F3N5O/c1-3-25(4-2)12-8-9-13(23-24-15-7-5-6-10-21-15)14(11-12)22-16(26)17(18,19)20/h5-11H,3-4H2,1-2H3,(H,22,26). The normalized spacial score (nSPS) is 11.6. The molecule has 0 saturated heterocycles. The minimum Gasteiger partial charge on any atom is -0.372 e. The number of nitrogens with one attached hydrogen (secondary N) is 1. The van der Waals surface area contributed by atoms with Crippen LogP contribution >= 0.6 is 0 Å². The van der Waals surface area contributed by atoms with Gasteiger partial charge in [-0.05, 0) is 44.2 Å². The Morgan fingerprint density at radius 2 is 1.88 bits per heavy atom. The summed E-state index contributed by atoms with van der Waals surface area (Å²) in [6.07, 6.45) is -3.48. The molecule has 2 rings (SSSR count). The lowest BCUT2D eigenvalue weighted by Crippen LogP contribution is -2.30. The quantitative estimate of drug-likeness (QED) is 0.745. The molecule has 1 amide bonds. The molecular formula is C17H18F3N5O. The van der Waals surface area contributed by atoms with Crippen LogP contribution in [0.5, 0.6) is 0 Å². The van der Waals surface area contributed by atoms with E-state index in [9.17, 15) is 18.0 Å². The van der Waals surface area contributed by atoms with Crippen molar-refractivity contribution in [2.24, 2.45) is 10.2 Å². The van der Waals surface area contributed by atoms with Gasteiger partial charge in [-0.2, -0.15) is 13.2 Å². The maximum absolute atomic E-state index is 12.6. The molecule has 0 fully saturated rings. The van der Waals surface area contributed by atoms with Crippen molar-refractivity contribution in [3.8, 4) is 0 Å². The van der Waals surface area contributed by atoms with Crippen LogP contribution in [0.25, 0.3) is 0 Å². The number of hydrogen-bond acceptors (Lipinski definition) is 5. The maximum Gasteiger partial charge on any atom is 0.471 e. The first-order valence-electron chi connectivity index (χ1n) is 7.95. The largest absolute Gasteiger partial charge is 0.471 e. The number of rotatable bonds is 6. The first-order chi connectivity index (χ1) is 12.3. The number of amides is 1. The number of benzene rings is 1. The lowest BCUT2D eigenvalue weighted by atomic mass is 10.2. The molecule has 0 unspecified atom stereocenters. The molecule has 1 aromatic carbocycles. The van der Waals surface area contributed by atoms with Gasteiger partial charge in [-0.25, -0.2) is 4.98 Å². The van der Waals surface area contributed by atoms with E-state index in [1.807, 2.05) is 24.1 Å². The Morgan fingerprint density at radius 3 is 2.46 bits per heavy atom. The highest BCUT2D eigenvalue weighted by Gasteiger charge is 2.39. The van der Waals surface area contributed by atoms with E-state index < -0.39 is 12.1 Å². The Kier molecular flexibility index (Phi) is 6.26. The average molecular weight is 365 g/mol. The van der Waals surface area contributed by atoms with Crippen LogP contribution in [0.3, 0.4) is 0 Å². The van der Waals surface area contributed by atoms with Crippen molar-refractivity contribution in [2.75, 3.05) is 23.3 Å². The molecule has 0 aliphatic carbocycles. The molecule has 0 bridgehead atoms. The van der Waals surface area contributed by atoms with Gasteiger partial charge in [-0.1, -0.05) is 6.07 Å². The van der Waals surface area contributed by atoms with E-state index in [0.717, 1.165) is 0 Å². The molecule has 0 spiro atoms. The molecule has 6 nitrogen and oxygen atoms in total. The predicted octanol–water partition coefficient (Wildman–Crippen LogP) is 4.84. The number of alkyl halides is 3. The summed E-state index contributed by atoms with van der Waals surface area (Å²) in [4.78, 5) is 17.2. The molecule has 26 heavy (non-hydrogen) atoms. The molecule has 0 saturated carbocycles. The second-order valence-corrected chi connectivity index (χ2v) is 5.21. The first-order valence-corrected chi connectivity index (χ1v) is 7.95. The highest BCUT2D eigenvalue weighted by Crippen LogP contribution is 2.32. The van der Waals surface area contributed by atoms with Crippen molar-refractivity contribution in [2.45, 2.75) is 20.0 Å². The molecular weight excluding hydrogens is 347 g/mol. The van der Waals surface area contributed by atoms with Gasteiger partial charge in [0.05, 0.1) is 5.69 Å². The molecule has 138 valence electrons. The molecule has 0 atom stereocenters. The summed E-state index contributed by atoms with van der Waals surface area (Å²) in [5.41, 5.74) is 0.699. The molecule has 0 radical (unpaired) electrons. The number of aromatic nitrogens is 1. The van der Waals surface area contributed by atoms with Crippen LogP contribution in [-0.4, -0.2) is 30.2 Å². The third-order valence-corrected chi connectivity index (χ3v) is 3.52. The molecule has 0 aliphatic rings. The van der Waals surface area contributed by atoms with Crippen LogP contribution in [0, 0.1) is 0 Å². The lowest BCUT2D eigenvalue weighted by Gasteiger charge is -2.22. The van der Waals surface area contributed by atoms with Crippen LogP contribution in [0.2, 0.25) is 0 Å². The fourth-order valence-corrected chi connectivity index (χ4v) is 2.21. The fourth-order valence-electron chi connectivity index (χ4n) is 2.21. The van der Waals surface area contributed by atoms with Gasteiger partial charge >= 0.3 is 12.1 Å². The van der Waals surface area contributed by atoms with Gasteiger partial charge in [0.1, 0.15) is 5.69 Å². The second kappa shape index (κ2) is 8.41. The monoisotopic (exact) mass is 365 g/mol. The summed E-state index contributed by atoms with van der Waals surface area (Å²) in [6.45, 7) is 5.17. The van der Waals surface area contributed by atoms with Crippen molar-refractivity contribution in [1.29, 1.82) is 0 Å². The summed E-state index contributed by atoms with van der Waals surface area (Å²) in [5, 5.41) is 9.68. The number of pyridine rings is 1. The molecule has 9 heteroatoms. The number of azo groups is 1. The molecule has 1 N–H and O–H groups in total. The van der Waals surface area contributed by atoms with Gasteiger partial charge in [-0.3, -0.25) is 4.79 Å². The fraction of sp³-hybridized carbons (Fsp3) is 0.294. The third-order valence-electron chi connectivity index (χ3n) is 3.52. The maximum atomic E-state index is 12.6. The van der Waals surface area contributed by atoms with Gasteiger partial charge in [0.15, 0.2) is 5.82 Å². The van der Waals surface area contributed by atoms with Crippen LogP contribution < -0.4 is 10.2 Å². The van der Waals surface area contributed by atoms with E-state index >= 15 is 0 Å². The van der Waals surface area contributed by atoms with Crippen molar-refractivity contribution < 1.29 is 18.0 Å². The topological polar surface area (TPSA) is 70.0 Å². The van der Waals surface area contributed by atoms with Crippen LogP contribution in [0.4, 0.5) is 36.1 Å². The van der Waals surface area contributed by atoms with E-state index in [4.69, 9.17) is 0 Å². The summed E-state index contributed by atoms with van der Waals surface area (Å²) in [7, 11) is 0. The van der Waals surface area contributed by atoms with Gasteiger partial charge in [0, 0.05) is 25.0 Å². The van der Waals surface area contributed by atoms with E-state index in [1.165, 1.54) is 18.3 Å². The average Bonchev–Trinajstić information content (AvgIpc) is 2.62. The number of hydrogen-bond donors (Lipinski definition) is 1. The van der Waals surface area contributed by atoms with Crippen molar-refractivity contribution in [1.82, 2.24) is 4.98 Å². The van der Waals surface area contributed by atoms with E-state index in [-0.39, 0.29) is 11.4 Å². The molecule has 0 aliphatic heterocycles.